The number of phenols is 1. The molecule has 1 atom stereocenters. The first-order valence-electron chi connectivity index (χ1n) is 7.54. The summed E-state index contributed by atoms with van der Waals surface area (Å²) in [5.41, 5.74) is 2.38. The van der Waals surface area contributed by atoms with E-state index in [0.717, 1.165) is 11.1 Å². The van der Waals surface area contributed by atoms with Crippen LogP contribution in [0.4, 0.5) is 10.2 Å². The Morgan fingerprint density at radius 3 is 2.75 bits per heavy atom. The molecule has 0 aliphatic carbocycles. The molecule has 0 saturated heterocycles. The first kappa shape index (κ1) is 14.4. The number of phenolic OH excluding ortho intramolecular Hbond substituents is 1. The summed E-state index contributed by atoms with van der Waals surface area (Å²) in [5, 5.41) is 16.9. The highest BCUT2D eigenvalue weighted by Crippen LogP contribution is 2.38. The Morgan fingerprint density at radius 2 is 2.00 bits per heavy atom. The maximum atomic E-state index is 13.1. The Balaban J connectivity index is 1.81. The van der Waals surface area contributed by atoms with Gasteiger partial charge in [-0.05, 0) is 42.0 Å². The predicted molar refractivity (Wildman–Crippen MR) is 86.7 cm³/mol. The van der Waals surface area contributed by atoms with E-state index >= 15 is 0 Å². The summed E-state index contributed by atoms with van der Waals surface area (Å²) < 4.78 is 14.7. The van der Waals surface area contributed by atoms with E-state index in [1.807, 2.05) is 6.07 Å². The summed E-state index contributed by atoms with van der Waals surface area (Å²) in [7, 11) is 0. The van der Waals surface area contributed by atoms with E-state index in [4.69, 9.17) is 0 Å². The largest absolute Gasteiger partial charge is 0.508 e. The minimum Gasteiger partial charge on any atom is -0.508 e. The van der Waals surface area contributed by atoms with Crippen LogP contribution in [0.15, 0.2) is 54.7 Å². The molecule has 6 heteroatoms. The average molecular weight is 323 g/mol. The topological polar surface area (TPSA) is 67.1 Å². The van der Waals surface area contributed by atoms with Gasteiger partial charge in [0.05, 0.1) is 11.9 Å². The van der Waals surface area contributed by atoms with Crippen LogP contribution in [0.2, 0.25) is 0 Å². The van der Waals surface area contributed by atoms with Gasteiger partial charge in [0.1, 0.15) is 17.4 Å². The highest BCUT2D eigenvalue weighted by atomic mass is 19.1. The molecule has 5 nitrogen and oxygen atoms in total. The molecule has 0 radical (unpaired) electrons. The van der Waals surface area contributed by atoms with E-state index in [-0.39, 0.29) is 29.8 Å². The molecule has 0 spiro atoms. The van der Waals surface area contributed by atoms with E-state index in [9.17, 15) is 14.3 Å². The Bertz CT molecular complexity index is 918. The normalized spacial score (nSPS) is 16.5. The molecule has 2 N–H and O–H groups in total. The number of halogens is 1. The molecule has 0 saturated carbocycles. The third-order valence-corrected chi connectivity index (χ3v) is 4.16. The number of hydrogen-bond donors (Lipinski definition) is 2. The molecular formula is C18H14FN3O2. The van der Waals surface area contributed by atoms with E-state index in [1.165, 1.54) is 12.1 Å². The highest BCUT2D eigenvalue weighted by molar-refractivity contribution is 5.94. The predicted octanol–water partition coefficient (Wildman–Crippen LogP) is 3.19. The number of benzene rings is 2. The number of anilines is 1. The summed E-state index contributed by atoms with van der Waals surface area (Å²) in [6, 6.07) is 12.8. The third-order valence-electron chi connectivity index (χ3n) is 4.16. The second-order valence-corrected chi connectivity index (χ2v) is 5.74. The smallest absolute Gasteiger partial charge is 0.226 e. The first-order chi connectivity index (χ1) is 11.6. The zero-order valence-electron chi connectivity index (χ0n) is 12.6. The van der Waals surface area contributed by atoms with Crippen molar-refractivity contribution in [1.82, 2.24) is 9.78 Å². The molecule has 120 valence electrons. The number of aromatic nitrogens is 2. The second kappa shape index (κ2) is 5.49. The number of carbonyl (C=O) groups is 1. The van der Waals surface area contributed by atoms with Gasteiger partial charge in [-0.3, -0.25) is 4.79 Å². The van der Waals surface area contributed by atoms with Crippen molar-refractivity contribution in [2.45, 2.75) is 12.3 Å². The van der Waals surface area contributed by atoms with Crippen molar-refractivity contribution in [3.05, 3.63) is 71.7 Å². The van der Waals surface area contributed by atoms with Gasteiger partial charge in [-0.1, -0.05) is 12.1 Å². The number of hydrogen-bond acceptors (Lipinski definition) is 3. The van der Waals surface area contributed by atoms with Crippen LogP contribution in [-0.4, -0.2) is 20.8 Å². The summed E-state index contributed by atoms with van der Waals surface area (Å²) >= 11 is 0. The van der Waals surface area contributed by atoms with Gasteiger partial charge in [0.15, 0.2) is 0 Å². The van der Waals surface area contributed by atoms with Crippen molar-refractivity contribution >= 4 is 11.7 Å². The fourth-order valence-corrected chi connectivity index (χ4v) is 3.04. The number of nitrogens with zero attached hydrogens (tertiary/aromatic N) is 2. The van der Waals surface area contributed by atoms with Gasteiger partial charge in [0.25, 0.3) is 0 Å². The monoisotopic (exact) mass is 323 g/mol. The van der Waals surface area contributed by atoms with Crippen molar-refractivity contribution in [3.8, 4) is 11.4 Å². The standard InChI is InChI=1S/C18H14FN3O2/c19-12-4-6-13(7-5-12)22-18-16(10-20-22)15(9-17(24)21-18)11-2-1-3-14(23)8-11/h1-8,10,15,23H,9H2,(H,21,24)/t15-/m1/s1. The summed E-state index contributed by atoms with van der Waals surface area (Å²) in [6.45, 7) is 0. The summed E-state index contributed by atoms with van der Waals surface area (Å²) in [4.78, 5) is 12.2. The maximum Gasteiger partial charge on any atom is 0.226 e. The lowest BCUT2D eigenvalue weighted by Gasteiger charge is -2.23. The number of amides is 1. The molecule has 0 fully saturated rings. The van der Waals surface area contributed by atoms with Crippen molar-refractivity contribution in [3.63, 3.8) is 0 Å². The highest BCUT2D eigenvalue weighted by Gasteiger charge is 2.30. The molecule has 1 aromatic heterocycles. The van der Waals surface area contributed by atoms with Crippen LogP contribution in [0.5, 0.6) is 5.75 Å². The van der Waals surface area contributed by atoms with Gasteiger partial charge in [-0.15, -0.1) is 0 Å². The van der Waals surface area contributed by atoms with E-state index in [2.05, 4.69) is 10.4 Å². The molecule has 0 bridgehead atoms. The Morgan fingerprint density at radius 1 is 1.21 bits per heavy atom. The number of carbonyl (C=O) groups excluding carboxylic acids is 1. The Labute approximate surface area is 137 Å². The van der Waals surface area contributed by atoms with Crippen LogP contribution in [0, 0.1) is 5.82 Å². The first-order valence-corrected chi connectivity index (χ1v) is 7.54. The van der Waals surface area contributed by atoms with Crippen LogP contribution in [0.1, 0.15) is 23.5 Å². The molecule has 3 aromatic rings. The summed E-state index contributed by atoms with van der Waals surface area (Å²) in [6.07, 6.45) is 1.98. The molecule has 1 aliphatic heterocycles. The van der Waals surface area contributed by atoms with Gasteiger partial charge in [-0.25, -0.2) is 9.07 Å². The number of fused-ring (bicyclic) bond motifs is 1. The van der Waals surface area contributed by atoms with Crippen LogP contribution >= 0.6 is 0 Å². The number of nitrogens with one attached hydrogen (secondary N) is 1. The number of aromatic hydroxyl groups is 1. The lowest BCUT2D eigenvalue weighted by Crippen LogP contribution is -2.24. The molecule has 2 aromatic carbocycles. The van der Waals surface area contributed by atoms with Gasteiger partial charge in [0.2, 0.25) is 5.91 Å². The van der Waals surface area contributed by atoms with Crippen LogP contribution in [-0.2, 0) is 4.79 Å². The van der Waals surface area contributed by atoms with E-state index < -0.39 is 0 Å². The molecule has 4 rings (SSSR count). The SMILES string of the molecule is O=C1C[C@H](c2cccc(O)c2)c2cnn(-c3ccc(F)cc3)c2N1. The van der Waals surface area contributed by atoms with E-state index in [1.54, 1.807) is 41.2 Å². The molecular weight excluding hydrogens is 309 g/mol. The minimum atomic E-state index is -0.332. The number of rotatable bonds is 2. The average Bonchev–Trinajstić information content (AvgIpc) is 2.98. The van der Waals surface area contributed by atoms with Crippen LogP contribution in [0.25, 0.3) is 5.69 Å². The van der Waals surface area contributed by atoms with Crippen LogP contribution in [0.3, 0.4) is 0 Å². The van der Waals surface area contributed by atoms with Crippen molar-refractivity contribution in [2.24, 2.45) is 0 Å². The Kier molecular flexibility index (Phi) is 3.30. The quantitative estimate of drug-likeness (QED) is 0.761. The summed E-state index contributed by atoms with van der Waals surface area (Å²) in [5.74, 6) is 0.0911. The zero-order chi connectivity index (χ0) is 16.7. The molecule has 1 aliphatic rings. The van der Waals surface area contributed by atoms with Crippen molar-refractivity contribution in [1.29, 1.82) is 0 Å². The third kappa shape index (κ3) is 2.42. The zero-order valence-corrected chi connectivity index (χ0v) is 12.6. The van der Waals surface area contributed by atoms with Gasteiger partial charge < -0.3 is 10.4 Å². The fourth-order valence-electron chi connectivity index (χ4n) is 3.04. The lowest BCUT2D eigenvalue weighted by atomic mass is 9.87. The Hall–Kier alpha value is -3.15. The van der Waals surface area contributed by atoms with Gasteiger partial charge >= 0.3 is 0 Å². The minimum absolute atomic E-state index is 0.125. The van der Waals surface area contributed by atoms with Gasteiger partial charge in [-0.2, -0.15) is 5.10 Å². The van der Waals surface area contributed by atoms with E-state index in [0.29, 0.717) is 11.5 Å². The lowest BCUT2D eigenvalue weighted by molar-refractivity contribution is -0.116. The fraction of sp³-hybridized carbons (Fsp3) is 0.111. The molecule has 0 unspecified atom stereocenters. The van der Waals surface area contributed by atoms with Gasteiger partial charge in [0, 0.05) is 17.9 Å². The molecule has 2 heterocycles. The van der Waals surface area contributed by atoms with Crippen LogP contribution < -0.4 is 5.32 Å². The molecule has 24 heavy (non-hydrogen) atoms. The van der Waals surface area contributed by atoms with Crippen molar-refractivity contribution < 1.29 is 14.3 Å². The molecule has 1 amide bonds. The van der Waals surface area contributed by atoms with Crippen molar-refractivity contribution in [2.75, 3.05) is 5.32 Å². The maximum absolute atomic E-state index is 13.1. The second-order valence-electron chi connectivity index (χ2n) is 5.74.